The van der Waals surface area contributed by atoms with Crippen molar-refractivity contribution in [3.8, 4) is 5.88 Å². The molecule has 0 N–H and O–H groups in total. The molecule has 2 saturated heterocycles. The summed E-state index contributed by atoms with van der Waals surface area (Å²) in [5, 5.41) is 8.63. The van der Waals surface area contributed by atoms with E-state index in [0.717, 1.165) is 38.3 Å². The molecule has 3 heterocycles. The second kappa shape index (κ2) is 8.29. The van der Waals surface area contributed by atoms with Gasteiger partial charge in [-0.1, -0.05) is 6.08 Å². The summed E-state index contributed by atoms with van der Waals surface area (Å²) in [4.78, 5) is 4.77. The molecular weight excluding hydrogens is 288 g/mol. The van der Waals surface area contributed by atoms with Crippen molar-refractivity contribution in [3.63, 3.8) is 0 Å². The Bertz CT molecular complexity index is 478. The fraction of sp³-hybridized carbons (Fsp3) is 0.667. The Kier molecular flexibility index (Phi) is 5.86. The predicted octanol–water partition coefficient (Wildman–Crippen LogP) is 2.89. The van der Waals surface area contributed by atoms with Gasteiger partial charge in [0.2, 0.25) is 5.88 Å². The van der Waals surface area contributed by atoms with E-state index >= 15 is 0 Å². The zero-order valence-electron chi connectivity index (χ0n) is 14.0. The third-order valence-electron chi connectivity index (χ3n) is 4.70. The van der Waals surface area contributed by atoms with Crippen molar-refractivity contribution in [1.82, 2.24) is 15.1 Å². The Morgan fingerprint density at radius 1 is 1.09 bits per heavy atom. The van der Waals surface area contributed by atoms with Gasteiger partial charge in [0.15, 0.2) is 5.82 Å². The van der Waals surface area contributed by atoms with Crippen LogP contribution in [0.25, 0.3) is 0 Å². The van der Waals surface area contributed by atoms with Gasteiger partial charge in [0, 0.05) is 25.7 Å². The highest BCUT2D eigenvalue weighted by molar-refractivity contribution is 5.39. The summed E-state index contributed by atoms with van der Waals surface area (Å²) in [7, 11) is 0. The second-order valence-electron chi connectivity index (χ2n) is 6.54. The monoisotopic (exact) mass is 316 g/mol. The van der Waals surface area contributed by atoms with Gasteiger partial charge in [-0.15, -0.1) is 16.8 Å². The van der Waals surface area contributed by atoms with E-state index in [1.54, 1.807) is 0 Å². The van der Waals surface area contributed by atoms with Crippen molar-refractivity contribution in [2.45, 2.75) is 44.6 Å². The first kappa shape index (κ1) is 16.2. The smallest absolute Gasteiger partial charge is 0.233 e. The predicted molar refractivity (Wildman–Crippen MR) is 93.0 cm³/mol. The number of hydrogen-bond donors (Lipinski definition) is 0. The van der Waals surface area contributed by atoms with Crippen LogP contribution in [0.2, 0.25) is 0 Å². The number of hydrogen-bond acceptors (Lipinski definition) is 5. The molecule has 1 aromatic heterocycles. The third kappa shape index (κ3) is 4.67. The summed E-state index contributed by atoms with van der Waals surface area (Å²) in [5.41, 5.74) is 0. The molecule has 0 bridgehead atoms. The van der Waals surface area contributed by atoms with E-state index in [9.17, 15) is 0 Å². The van der Waals surface area contributed by atoms with E-state index in [1.165, 1.54) is 38.8 Å². The summed E-state index contributed by atoms with van der Waals surface area (Å²) >= 11 is 0. The molecule has 0 spiro atoms. The lowest BCUT2D eigenvalue weighted by molar-refractivity contribution is 0.133. The first-order chi connectivity index (χ1) is 11.3. The van der Waals surface area contributed by atoms with E-state index in [2.05, 4.69) is 26.6 Å². The number of aromatic nitrogens is 2. The van der Waals surface area contributed by atoms with Gasteiger partial charge >= 0.3 is 0 Å². The van der Waals surface area contributed by atoms with E-state index < -0.39 is 0 Å². The van der Waals surface area contributed by atoms with Gasteiger partial charge in [-0.25, -0.2) is 0 Å². The Hall–Kier alpha value is -1.62. The van der Waals surface area contributed by atoms with Gasteiger partial charge in [-0.05, 0) is 57.7 Å². The van der Waals surface area contributed by atoms with Gasteiger partial charge in [0.1, 0.15) is 6.10 Å². The summed E-state index contributed by atoms with van der Waals surface area (Å²) in [6, 6.07) is 4.00. The summed E-state index contributed by atoms with van der Waals surface area (Å²) in [5.74, 6) is 1.61. The molecule has 2 aliphatic heterocycles. The first-order valence-electron chi connectivity index (χ1n) is 8.94. The highest BCUT2D eigenvalue weighted by atomic mass is 16.5. The molecular formula is C18H28N4O. The van der Waals surface area contributed by atoms with Gasteiger partial charge in [-0.2, -0.15) is 0 Å². The number of anilines is 1. The molecule has 126 valence electrons. The fourth-order valence-electron chi connectivity index (χ4n) is 3.41. The maximum absolute atomic E-state index is 6.11. The molecule has 0 radical (unpaired) electrons. The topological polar surface area (TPSA) is 41.5 Å². The van der Waals surface area contributed by atoms with E-state index in [4.69, 9.17) is 4.74 Å². The molecule has 5 nitrogen and oxygen atoms in total. The van der Waals surface area contributed by atoms with Gasteiger partial charge < -0.3 is 9.64 Å². The van der Waals surface area contributed by atoms with Crippen LogP contribution in [0.15, 0.2) is 24.8 Å². The van der Waals surface area contributed by atoms with Crippen LogP contribution < -0.4 is 9.64 Å². The van der Waals surface area contributed by atoms with Gasteiger partial charge in [0.25, 0.3) is 0 Å². The minimum Gasteiger partial charge on any atom is -0.472 e. The number of nitrogens with zero attached hydrogens (tertiary/aromatic N) is 4. The maximum atomic E-state index is 6.11. The van der Waals surface area contributed by atoms with Crippen LogP contribution in [-0.2, 0) is 0 Å². The minimum atomic E-state index is 0.165. The molecule has 2 fully saturated rings. The van der Waals surface area contributed by atoms with E-state index in [0.29, 0.717) is 5.88 Å². The molecule has 0 aromatic carbocycles. The van der Waals surface area contributed by atoms with Crippen LogP contribution in [0, 0.1) is 0 Å². The van der Waals surface area contributed by atoms with Crippen molar-refractivity contribution in [2.75, 3.05) is 37.6 Å². The molecule has 2 aliphatic rings. The summed E-state index contributed by atoms with van der Waals surface area (Å²) in [6.45, 7) is 9.35. The second-order valence-corrected chi connectivity index (χ2v) is 6.54. The van der Waals surface area contributed by atoms with Crippen LogP contribution in [0.4, 0.5) is 5.82 Å². The number of ether oxygens (including phenoxy) is 1. The molecule has 5 heteroatoms. The molecule has 1 aromatic rings. The molecule has 1 unspecified atom stereocenters. The van der Waals surface area contributed by atoms with Crippen LogP contribution in [0.3, 0.4) is 0 Å². The van der Waals surface area contributed by atoms with Crippen LogP contribution in [0.5, 0.6) is 5.88 Å². The Morgan fingerprint density at radius 3 is 2.48 bits per heavy atom. The van der Waals surface area contributed by atoms with Crippen molar-refractivity contribution in [3.05, 3.63) is 24.8 Å². The highest BCUT2D eigenvalue weighted by Gasteiger charge is 2.19. The number of likely N-dealkylation sites (tertiary alicyclic amines) is 1. The number of allylic oxidation sites excluding steroid dienone is 1. The molecule has 0 saturated carbocycles. The molecule has 3 rings (SSSR count). The molecule has 23 heavy (non-hydrogen) atoms. The Morgan fingerprint density at radius 2 is 1.83 bits per heavy atom. The molecule has 1 atom stereocenters. The average molecular weight is 316 g/mol. The number of rotatable bonds is 8. The Balaban J connectivity index is 1.57. The first-order valence-corrected chi connectivity index (χ1v) is 8.94. The lowest BCUT2D eigenvalue weighted by Gasteiger charge is -2.24. The lowest BCUT2D eigenvalue weighted by atomic mass is 10.2. The zero-order valence-corrected chi connectivity index (χ0v) is 14.0. The van der Waals surface area contributed by atoms with Gasteiger partial charge in [0.05, 0.1) is 0 Å². The average Bonchev–Trinajstić information content (AvgIpc) is 3.27. The van der Waals surface area contributed by atoms with Crippen molar-refractivity contribution in [2.24, 2.45) is 0 Å². The fourth-order valence-corrected chi connectivity index (χ4v) is 3.41. The quantitative estimate of drug-likeness (QED) is 0.690. The largest absolute Gasteiger partial charge is 0.472 e. The highest BCUT2D eigenvalue weighted by Crippen LogP contribution is 2.20. The lowest BCUT2D eigenvalue weighted by Crippen LogP contribution is -2.34. The van der Waals surface area contributed by atoms with Crippen LogP contribution in [-0.4, -0.2) is 53.9 Å². The SMILES string of the molecule is C=CCCC(CN1CCCC1)Oc1ccc(N2CCCC2)nn1. The molecule has 0 aliphatic carbocycles. The van der Waals surface area contributed by atoms with E-state index in [1.807, 2.05) is 18.2 Å². The Labute approximate surface area is 139 Å². The van der Waals surface area contributed by atoms with Crippen molar-refractivity contribution in [1.29, 1.82) is 0 Å². The zero-order chi connectivity index (χ0) is 15.9. The maximum Gasteiger partial charge on any atom is 0.233 e. The van der Waals surface area contributed by atoms with Crippen molar-refractivity contribution < 1.29 is 4.74 Å². The summed E-state index contributed by atoms with van der Waals surface area (Å²) in [6.07, 6.45) is 9.18. The van der Waals surface area contributed by atoms with Crippen molar-refractivity contribution >= 4 is 5.82 Å². The molecule has 0 amide bonds. The van der Waals surface area contributed by atoms with Crippen LogP contribution >= 0.6 is 0 Å². The van der Waals surface area contributed by atoms with Crippen LogP contribution in [0.1, 0.15) is 38.5 Å². The normalized spacial score (nSPS) is 19.9. The minimum absolute atomic E-state index is 0.165. The summed E-state index contributed by atoms with van der Waals surface area (Å²) < 4.78 is 6.11. The van der Waals surface area contributed by atoms with E-state index in [-0.39, 0.29) is 6.10 Å². The third-order valence-corrected chi connectivity index (χ3v) is 4.70. The standard InChI is InChI=1S/C18H28N4O/c1-2-3-8-16(15-21-11-4-5-12-21)23-18-10-9-17(19-20-18)22-13-6-7-14-22/h2,9-10,16H,1,3-8,11-15H2. The van der Waals surface area contributed by atoms with Gasteiger partial charge in [-0.3, -0.25) is 4.90 Å².